The van der Waals surface area contributed by atoms with Crippen LogP contribution in [0.1, 0.15) is 18.2 Å². The van der Waals surface area contributed by atoms with Crippen LogP contribution >= 0.6 is 24.0 Å². The third-order valence-corrected chi connectivity index (χ3v) is 1.88. The summed E-state index contributed by atoms with van der Waals surface area (Å²) in [5, 5.41) is 0.300. The van der Waals surface area contributed by atoms with Gasteiger partial charge in [0.1, 0.15) is 0 Å². The molecule has 0 aliphatic carbocycles. The van der Waals surface area contributed by atoms with E-state index in [1.807, 2.05) is 6.92 Å². The smallest absolute Gasteiger partial charge is 0.222 e. The molecule has 1 aliphatic heterocycles. The molecule has 0 radical (unpaired) electrons. The average molecular weight is 204 g/mol. The van der Waals surface area contributed by atoms with Gasteiger partial charge >= 0.3 is 0 Å². The second-order valence-electron chi connectivity index (χ2n) is 2.40. The quantitative estimate of drug-likeness (QED) is 0.605. The van der Waals surface area contributed by atoms with Gasteiger partial charge in [-0.3, -0.25) is 4.99 Å². The zero-order valence-corrected chi connectivity index (χ0v) is 7.98. The van der Waals surface area contributed by atoms with E-state index >= 15 is 0 Å². The minimum atomic E-state index is 0. The van der Waals surface area contributed by atoms with Crippen molar-refractivity contribution in [3.63, 3.8) is 0 Å². The lowest BCUT2D eigenvalue weighted by Crippen LogP contribution is -1.96. The van der Waals surface area contributed by atoms with Gasteiger partial charge in [0.25, 0.3) is 0 Å². The molecule has 0 spiro atoms. The Bertz CT molecular complexity index is 335. The number of hydrogen-bond acceptors (Lipinski definition) is 3. The molecule has 5 heteroatoms. The van der Waals surface area contributed by atoms with E-state index in [1.165, 1.54) is 0 Å². The van der Waals surface area contributed by atoms with Crippen LogP contribution in [0.25, 0.3) is 0 Å². The fourth-order valence-electron chi connectivity index (χ4n) is 1.09. The molecule has 0 bridgehead atoms. The molecule has 0 aromatic carbocycles. The van der Waals surface area contributed by atoms with E-state index in [4.69, 9.17) is 11.6 Å². The van der Waals surface area contributed by atoms with Gasteiger partial charge in [-0.15, -0.1) is 12.4 Å². The number of fused-ring (bicyclic) bond motifs is 1. The minimum absolute atomic E-state index is 0. The lowest BCUT2D eigenvalue weighted by molar-refractivity contribution is 0.993. The van der Waals surface area contributed by atoms with Gasteiger partial charge in [0.15, 0.2) is 0 Å². The normalized spacial score (nSPS) is 13.3. The molecule has 2 heterocycles. The van der Waals surface area contributed by atoms with Crippen molar-refractivity contribution >= 4 is 29.7 Å². The maximum absolute atomic E-state index is 5.60. The highest BCUT2D eigenvalue weighted by atomic mass is 35.5. The summed E-state index contributed by atoms with van der Waals surface area (Å²) in [6, 6.07) is 0. The van der Waals surface area contributed by atoms with Crippen LogP contribution in [-0.2, 0) is 6.54 Å². The van der Waals surface area contributed by atoms with Gasteiger partial charge in [-0.1, -0.05) is 0 Å². The van der Waals surface area contributed by atoms with Crippen LogP contribution in [0.3, 0.4) is 0 Å². The summed E-state index contributed by atoms with van der Waals surface area (Å²) in [6.07, 6.45) is 1.72. The van der Waals surface area contributed by atoms with Gasteiger partial charge in [-0.2, -0.15) is 0 Å². The van der Waals surface area contributed by atoms with E-state index in [2.05, 4.69) is 15.0 Å². The molecular formula is C7H7Cl2N3. The molecule has 0 N–H and O–H groups in total. The summed E-state index contributed by atoms with van der Waals surface area (Å²) in [6.45, 7) is 2.59. The Balaban J connectivity index is 0.000000720. The van der Waals surface area contributed by atoms with E-state index in [9.17, 15) is 0 Å². The van der Waals surface area contributed by atoms with Gasteiger partial charge in [0.2, 0.25) is 5.28 Å². The van der Waals surface area contributed by atoms with Crippen LogP contribution in [0.4, 0.5) is 0 Å². The molecule has 1 aliphatic rings. The number of rotatable bonds is 0. The Labute approximate surface area is 81.3 Å². The molecule has 1 aromatic heterocycles. The minimum Gasteiger partial charge on any atom is -0.283 e. The average Bonchev–Trinajstić information content (AvgIpc) is 2.32. The highest BCUT2D eigenvalue weighted by Crippen LogP contribution is 2.16. The maximum Gasteiger partial charge on any atom is 0.222 e. The van der Waals surface area contributed by atoms with Gasteiger partial charge < -0.3 is 0 Å². The summed E-state index contributed by atoms with van der Waals surface area (Å²) < 4.78 is 0. The largest absolute Gasteiger partial charge is 0.283 e. The van der Waals surface area contributed by atoms with Crippen molar-refractivity contribution in [2.75, 3.05) is 0 Å². The van der Waals surface area contributed by atoms with E-state index in [0.717, 1.165) is 17.0 Å². The van der Waals surface area contributed by atoms with E-state index < -0.39 is 0 Å². The topological polar surface area (TPSA) is 38.1 Å². The predicted octanol–water partition coefficient (Wildman–Crippen LogP) is 1.87. The van der Waals surface area contributed by atoms with Gasteiger partial charge in [-0.05, 0) is 18.5 Å². The first kappa shape index (κ1) is 9.42. The third kappa shape index (κ3) is 1.42. The monoisotopic (exact) mass is 203 g/mol. The van der Waals surface area contributed by atoms with Crippen LogP contribution in [-0.4, -0.2) is 15.7 Å². The highest BCUT2D eigenvalue weighted by molar-refractivity contribution is 6.28. The summed E-state index contributed by atoms with van der Waals surface area (Å²) in [7, 11) is 0. The predicted molar refractivity (Wildman–Crippen MR) is 50.2 cm³/mol. The Morgan fingerprint density at radius 2 is 2.25 bits per heavy atom. The molecule has 0 unspecified atom stereocenters. The second-order valence-corrected chi connectivity index (χ2v) is 2.74. The van der Waals surface area contributed by atoms with Gasteiger partial charge in [0, 0.05) is 17.5 Å². The first-order chi connectivity index (χ1) is 5.27. The summed E-state index contributed by atoms with van der Waals surface area (Å²) in [5.74, 6) is 0. The SMILES string of the molecule is CC1=NCc2nc(Cl)ncc21.Cl. The Kier molecular flexibility index (Phi) is 2.65. The van der Waals surface area contributed by atoms with Crippen molar-refractivity contribution in [1.82, 2.24) is 9.97 Å². The van der Waals surface area contributed by atoms with Gasteiger partial charge in [0.05, 0.1) is 12.2 Å². The Morgan fingerprint density at radius 1 is 1.50 bits per heavy atom. The third-order valence-electron chi connectivity index (χ3n) is 1.69. The van der Waals surface area contributed by atoms with E-state index in [1.54, 1.807) is 6.20 Å². The van der Waals surface area contributed by atoms with Crippen LogP contribution in [0, 0.1) is 0 Å². The molecule has 0 saturated heterocycles. The number of aromatic nitrogens is 2. The van der Waals surface area contributed by atoms with Crippen molar-refractivity contribution in [2.24, 2.45) is 4.99 Å². The van der Waals surface area contributed by atoms with Crippen molar-refractivity contribution < 1.29 is 0 Å². The number of hydrogen-bond donors (Lipinski definition) is 0. The standard InChI is InChI=1S/C7H6ClN3.ClH/c1-4-5-2-10-7(8)11-6(5)3-9-4;/h2H,3H2,1H3;1H. The molecule has 3 nitrogen and oxygen atoms in total. The first-order valence-corrected chi connectivity index (χ1v) is 3.68. The van der Waals surface area contributed by atoms with Gasteiger partial charge in [-0.25, -0.2) is 9.97 Å². The number of nitrogens with zero attached hydrogens (tertiary/aromatic N) is 3. The Morgan fingerprint density at radius 3 is 3.00 bits per heavy atom. The lowest BCUT2D eigenvalue weighted by atomic mass is 10.2. The molecule has 0 atom stereocenters. The van der Waals surface area contributed by atoms with E-state index in [-0.39, 0.29) is 12.4 Å². The maximum atomic E-state index is 5.60. The zero-order chi connectivity index (χ0) is 7.84. The molecular weight excluding hydrogens is 197 g/mol. The molecule has 64 valence electrons. The van der Waals surface area contributed by atoms with Crippen LogP contribution < -0.4 is 0 Å². The van der Waals surface area contributed by atoms with Crippen molar-refractivity contribution in [3.8, 4) is 0 Å². The van der Waals surface area contributed by atoms with E-state index in [0.29, 0.717) is 11.8 Å². The number of aliphatic imine (C=N–C) groups is 1. The molecule has 0 fully saturated rings. The van der Waals surface area contributed by atoms with Crippen molar-refractivity contribution in [3.05, 3.63) is 22.7 Å². The second kappa shape index (κ2) is 3.37. The fraction of sp³-hybridized carbons (Fsp3) is 0.286. The summed E-state index contributed by atoms with van der Waals surface area (Å²) in [5.41, 5.74) is 2.95. The molecule has 0 amide bonds. The molecule has 2 rings (SSSR count). The van der Waals surface area contributed by atoms with Crippen LogP contribution in [0.2, 0.25) is 5.28 Å². The van der Waals surface area contributed by atoms with Crippen LogP contribution in [0.5, 0.6) is 0 Å². The summed E-state index contributed by atoms with van der Waals surface area (Å²) in [4.78, 5) is 12.1. The fourth-order valence-corrected chi connectivity index (χ4v) is 1.25. The van der Waals surface area contributed by atoms with Crippen LogP contribution in [0.15, 0.2) is 11.2 Å². The van der Waals surface area contributed by atoms with Crippen molar-refractivity contribution in [1.29, 1.82) is 0 Å². The first-order valence-electron chi connectivity index (χ1n) is 3.30. The zero-order valence-electron chi connectivity index (χ0n) is 6.41. The molecule has 0 saturated carbocycles. The molecule has 12 heavy (non-hydrogen) atoms. The number of halogens is 2. The highest BCUT2D eigenvalue weighted by Gasteiger charge is 2.13. The van der Waals surface area contributed by atoms with Crippen molar-refractivity contribution in [2.45, 2.75) is 13.5 Å². The Hall–Kier alpha value is -0.670. The lowest BCUT2D eigenvalue weighted by Gasteiger charge is -1.95. The molecule has 1 aromatic rings. The summed E-state index contributed by atoms with van der Waals surface area (Å²) >= 11 is 5.60.